The van der Waals surface area contributed by atoms with Crippen LogP contribution in [-0.4, -0.2) is 21.7 Å². The molecule has 1 aromatic heterocycles. The maximum atomic E-state index is 12.5. The Morgan fingerprint density at radius 1 is 1.39 bits per heavy atom. The fraction of sp³-hybridized carbons (Fsp3) is 0.444. The van der Waals surface area contributed by atoms with E-state index in [1.807, 2.05) is 24.0 Å². The SMILES string of the molecule is Cn1nccc1[C@@H]1C[C@H]1C(=O)NC1C2Cc3ccc(Br)cc3C21. The average Bonchev–Trinajstić information content (AvgIpc) is 3.35. The summed E-state index contributed by atoms with van der Waals surface area (Å²) in [4.78, 5) is 12.5. The van der Waals surface area contributed by atoms with E-state index in [1.165, 1.54) is 16.8 Å². The summed E-state index contributed by atoms with van der Waals surface area (Å²) in [5, 5.41) is 7.51. The Morgan fingerprint density at radius 3 is 3.04 bits per heavy atom. The van der Waals surface area contributed by atoms with Gasteiger partial charge in [-0.1, -0.05) is 22.0 Å². The maximum Gasteiger partial charge on any atom is 0.224 e. The van der Waals surface area contributed by atoms with Gasteiger partial charge in [-0.25, -0.2) is 0 Å². The molecule has 5 heteroatoms. The number of rotatable bonds is 3. The van der Waals surface area contributed by atoms with Crippen LogP contribution in [-0.2, 0) is 18.3 Å². The molecule has 5 atom stereocenters. The summed E-state index contributed by atoms with van der Waals surface area (Å²) >= 11 is 3.56. The quantitative estimate of drug-likeness (QED) is 0.901. The third-order valence-corrected chi connectivity index (χ3v) is 6.26. The smallest absolute Gasteiger partial charge is 0.224 e. The molecule has 1 aromatic carbocycles. The number of hydrogen-bond donors (Lipinski definition) is 1. The summed E-state index contributed by atoms with van der Waals surface area (Å²) in [6.45, 7) is 0. The normalized spacial score (nSPS) is 33.0. The number of carbonyl (C=O) groups is 1. The second kappa shape index (κ2) is 4.69. The summed E-state index contributed by atoms with van der Waals surface area (Å²) in [7, 11) is 1.95. The first-order valence-electron chi connectivity index (χ1n) is 8.20. The van der Waals surface area contributed by atoms with E-state index in [1.54, 1.807) is 0 Å². The van der Waals surface area contributed by atoms with Crippen LogP contribution in [0.15, 0.2) is 34.9 Å². The zero-order chi connectivity index (χ0) is 15.7. The maximum absolute atomic E-state index is 12.5. The van der Waals surface area contributed by atoms with E-state index in [2.05, 4.69) is 44.5 Å². The predicted octanol–water partition coefficient (Wildman–Crippen LogP) is 2.74. The molecule has 118 valence electrons. The number of aromatic nitrogens is 2. The van der Waals surface area contributed by atoms with Crippen molar-refractivity contribution in [1.29, 1.82) is 0 Å². The molecule has 4 nitrogen and oxygen atoms in total. The standard InChI is InChI=1S/C18H18BrN3O/c1-22-15(4-5-20-22)12-8-13(12)18(23)21-17-14-6-9-2-3-10(19)7-11(9)16(14)17/h2-5,7,12-14,16-17H,6,8H2,1H3,(H,21,23)/t12-,13-,14?,16?,17?/m1/s1. The number of nitrogens with one attached hydrogen (secondary N) is 1. The van der Waals surface area contributed by atoms with Crippen molar-refractivity contribution < 1.29 is 4.79 Å². The molecule has 23 heavy (non-hydrogen) atoms. The van der Waals surface area contributed by atoms with Gasteiger partial charge in [0.1, 0.15) is 0 Å². The molecule has 0 spiro atoms. The Labute approximate surface area is 143 Å². The molecule has 2 aromatic rings. The lowest BCUT2D eigenvalue weighted by molar-refractivity contribution is -0.122. The van der Waals surface area contributed by atoms with Crippen LogP contribution < -0.4 is 5.32 Å². The number of benzene rings is 1. The van der Waals surface area contributed by atoms with Gasteiger partial charge in [0.05, 0.1) is 0 Å². The van der Waals surface area contributed by atoms with Gasteiger partial charge in [0.2, 0.25) is 5.91 Å². The molecule has 1 amide bonds. The third kappa shape index (κ3) is 2.09. The van der Waals surface area contributed by atoms with Gasteiger partial charge in [0.15, 0.2) is 0 Å². The molecule has 0 bridgehead atoms. The van der Waals surface area contributed by atoms with E-state index >= 15 is 0 Å². The van der Waals surface area contributed by atoms with E-state index in [-0.39, 0.29) is 11.8 Å². The van der Waals surface area contributed by atoms with Gasteiger partial charge in [0, 0.05) is 47.2 Å². The van der Waals surface area contributed by atoms with Gasteiger partial charge < -0.3 is 5.32 Å². The Hall–Kier alpha value is -1.62. The summed E-state index contributed by atoms with van der Waals surface area (Å²) in [6.07, 6.45) is 3.87. The Kier molecular flexibility index (Phi) is 2.81. The van der Waals surface area contributed by atoms with Crippen LogP contribution in [0.4, 0.5) is 0 Å². The van der Waals surface area contributed by atoms with Crippen LogP contribution in [0.1, 0.15) is 35.1 Å². The van der Waals surface area contributed by atoms with Crippen molar-refractivity contribution in [3.8, 4) is 0 Å². The van der Waals surface area contributed by atoms with Crippen molar-refractivity contribution in [2.24, 2.45) is 18.9 Å². The van der Waals surface area contributed by atoms with Gasteiger partial charge in [-0.05, 0) is 48.1 Å². The second-order valence-electron chi connectivity index (χ2n) is 7.10. The van der Waals surface area contributed by atoms with Gasteiger partial charge >= 0.3 is 0 Å². The molecule has 2 fully saturated rings. The summed E-state index contributed by atoms with van der Waals surface area (Å²) in [5.41, 5.74) is 4.05. The fourth-order valence-corrected chi connectivity index (χ4v) is 4.77. The first kappa shape index (κ1) is 13.8. The first-order chi connectivity index (χ1) is 11.1. The highest BCUT2D eigenvalue weighted by atomic mass is 79.9. The summed E-state index contributed by atoms with van der Waals surface area (Å²) in [6, 6.07) is 8.92. The highest BCUT2D eigenvalue weighted by Crippen LogP contribution is 2.57. The van der Waals surface area contributed by atoms with Gasteiger partial charge in [0.25, 0.3) is 0 Å². The van der Waals surface area contributed by atoms with Crippen molar-refractivity contribution in [3.63, 3.8) is 0 Å². The Balaban J connectivity index is 1.25. The molecule has 1 N–H and O–H groups in total. The molecule has 0 aliphatic heterocycles. The minimum absolute atomic E-state index is 0.133. The lowest BCUT2D eigenvalue weighted by Crippen LogP contribution is -2.30. The van der Waals surface area contributed by atoms with E-state index in [0.29, 0.717) is 23.8 Å². The largest absolute Gasteiger partial charge is 0.352 e. The third-order valence-electron chi connectivity index (χ3n) is 5.77. The molecular formula is C18H18BrN3O. The number of aryl methyl sites for hydroxylation is 1. The van der Waals surface area contributed by atoms with Gasteiger partial charge in [-0.2, -0.15) is 5.10 Å². The highest BCUT2D eigenvalue weighted by Gasteiger charge is 2.57. The fourth-order valence-electron chi connectivity index (χ4n) is 4.40. The molecule has 3 aliphatic rings. The van der Waals surface area contributed by atoms with Crippen molar-refractivity contribution >= 4 is 21.8 Å². The molecule has 0 saturated heterocycles. The van der Waals surface area contributed by atoms with Crippen LogP contribution in [0.3, 0.4) is 0 Å². The molecule has 1 heterocycles. The lowest BCUT2D eigenvalue weighted by atomic mass is 10.1. The molecule has 3 aliphatic carbocycles. The van der Waals surface area contributed by atoms with Crippen LogP contribution in [0, 0.1) is 11.8 Å². The number of halogens is 1. The van der Waals surface area contributed by atoms with E-state index in [0.717, 1.165) is 17.3 Å². The molecule has 0 radical (unpaired) electrons. The average molecular weight is 372 g/mol. The van der Waals surface area contributed by atoms with E-state index in [4.69, 9.17) is 0 Å². The lowest BCUT2D eigenvalue weighted by Gasteiger charge is -2.10. The number of carbonyl (C=O) groups excluding carboxylic acids is 1. The van der Waals surface area contributed by atoms with Crippen molar-refractivity contribution in [2.45, 2.75) is 30.7 Å². The number of hydrogen-bond acceptors (Lipinski definition) is 2. The predicted molar refractivity (Wildman–Crippen MR) is 90.1 cm³/mol. The number of fused-ring (bicyclic) bond motifs is 3. The first-order valence-corrected chi connectivity index (χ1v) is 8.99. The Morgan fingerprint density at radius 2 is 2.26 bits per heavy atom. The topological polar surface area (TPSA) is 46.9 Å². The van der Waals surface area contributed by atoms with Crippen molar-refractivity contribution in [2.75, 3.05) is 0 Å². The molecule has 3 unspecified atom stereocenters. The molecule has 5 rings (SSSR count). The minimum Gasteiger partial charge on any atom is -0.352 e. The summed E-state index contributed by atoms with van der Waals surface area (Å²) < 4.78 is 3.02. The summed E-state index contributed by atoms with van der Waals surface area (Å²) in [5.74, 6) is 1.85. The second-order valence-corrected chi connectivity index (χ2v) is 8.02. The van der Waals surface area contributed by atoms with Crippen molar-refractivity contribution in [1.82, 2.24) is 15.1 Å². The van der Waals surface area contributed by atoms with E-state index in [9.17, 15) is 4.79 Å². The molecule has 2 saturated carbocycles. The van der Waals surface area contributed by atoms with E-state index < -0.39 is 0 Å². The van der Waals surface area contributed by atoms with Crippen LogP contribution in [0.25, 0.3) is 0 Å². The highest BCUT2D eigenvalue weighted by molar-refractivity contribution is 9.10. The van der Waals surface area contributed by atoms with Gasteiger partial charge in [-0.15, -0.1) is 0 Å². The zero-order valence-electron chi connectivity index (χ0n) is 12.9. The number of nitrogens with zero attached hydrogens (tertiary/aromatic N) is 2. The van der Waals surface area contributed by atoms with Gasteiger partial charge in [-0.3, -0.25) is 9.48 Å². The van der Waals surface area contributed by atoms with Crippen LogP contribution >= 0.6 is 15.9 Å². The van der Waals surface area contributed by atoms with Crippen molar-refractivity contribution in [3.05, 3.63) is 51.8 Å². The number of amides is 1. The van der Waals surface area contributed by atoms with Crippen LogP contribution in [0.5, 0.6) is 0 Å². The van der Waals surface area contributed by atoms with Crippen LogP contribution in [0.2, 0.25) is 0 Å². The monoisotopic (exact) mass is 371 g/mol. The Bertz CT molecular complexity index is 814. The molecular weight excluding hydrogens is 354 g/mol. The zero-order valence-corrected chi connectivity index (χ0v) is 14.5. The minimum atomic E-state index is 0.133.